The maximum atomic E-state index is 14.2. The minimum atomic E-state index is -0.402. The highest BCUT2D eigenvalue weighted by atomic mass is 79.9. The number of hydrogen-bond acceptors (Lipinski definition) is 3. The van der Waals surface area contributed by atoms with Crippen molar-refractivity contribution in [3.8, 4) is 0 Å². The summed E-state index contributed by atoms with van der Waals surface area (Å²) in [6, 6.07) is 3.27. The van der Waals surface area contributed by atoms with Crippen LogP contribution in [-0.2, 0) is 4.74 Å². The number of nitrogens with two attached hydrogens (primary N) is 1. The molecule has 1 aromatic rings. The highest BCUT2D eigenvalue weighted by molar-refractivity contribution is 9.10. The van der Waals surface area contributed by atoms with Gasteiger partial charge in [0.1, 0.15) is 5.84 Å². The van der Waals surface area contributed by atoms with E-state index in [-0.39, 0.29) is 10.3 Å². The van der Waals surface area contributed by atoms with Crippen LogP contribution in [0.3, 0.4) is 0 Å². The maximum Gasteiger partial charge on any atom is 0.161 e. The molecule has 0 heterocycles. The van der Waals surface area contributed by atoms with Crippen LogP contribution < -0.4 is 10.6 Å². The highest BCUT2D eigenvalue weighted by Crippen LogP contribution is 2.29. The molecule has 0 aliphatic carbocycles. The fourth-order valence-corrected chi connectivity index (χ4v) is 2.19. The molecule has 100 valence electrons. The molecule has 1 rings (SSSR count). The fourth-order valence-electron chi connectivity index (χ4n) is 1.64. The second kappa shape index (κ2) is 6.70. The summed E-state index contributed by atoms with van der Waals surface area (Å²) in [5.41, 5.74) is 6.21. The number of nitrogens with zero attached hydrogens (tertiary/aromatic N) is 1. The number of nitrogen functional groups attached to an aromatic ring is 1. The molecule has 0 bridgehead atoms. The van der Waals surface area contributed by atoms with Crippen LogP contribution in [0.15, 0.2) is 16.6 Å². The Hall–Kier alpha value is -1.14. The van der Waals surface area contributed by atoms with Gasteiger partial charge >= 0.3 is 0 Å². The van der Waals surface area contributed by atoms with Gasteiger partial charge in [-0.3, -0.25) is 5.41 Å². The van der Waals surface area contributed by atoms with Crippen LogP contribution >= 0.6 is 15.9 Å². The normalized spacial score (nSPS) is 10.4. The van der Waals surface area contributed by atoms with Crippen molar-refractivity contribution >= 4 is 27.5 Å². The first kappa shape index (κ1) is 14.9. The first-order valence-corrected chi connectivity index (χ1v) is 6.38. The lowest BCUT2D eigenvalue weighted by molar-refractivity contribution is 0.205. The van der Waals surface area contributed by atoms with Crippen molar-refractivity contribution in [2.24, 2.45) is 5.73 Å². The molecule has 0 unspecified atom stereocenters. The van der Waals surface area contributed by atoms with Gasteiger partial charge in [0.05, 0.1) is 16.8 Å². The van der Waals surface area contributed by atoms with Crippen LogP contribution in [0.5, 0.6) is 0 Å². The number of halogens is 2. The Morgan fingerprint density at radius 1 is 1.56 bits per heavy atom. The van der Waals surface area contributed by atoms with Crippen LogP contribution in [0.2, 0.25) is 0 Å². The van der Waals surface area contributed by atoms with E-state index in [9.17, 15) is 4.39 Å². The van der Waals surface area contributed by atoms with Crippen molar-refractivity contribution < 1.29 is 9.13 Å². The minimum Gasteiger partial charge on any atom is -0.384 e. The number of benzene rings is 1. The molecule has 6 heteroatoms. The van der Waals surface area contributed by atoms with Crippen molar-refractivity contribution in [1.29, 1.82) is 5.41 Å². The van der Waals surface area contributed by atoms with Crippen LogP contribution in [0, 0.1) is 11.2 Å². The Balaban J connectivity index is 3.09. The smallest absolute Gasteiger partial charge is 0.161 e. The predicted octanol–water partition coefficient (Wildman–Crippen LogP) is 2.34. The lowest BCUT2D eigenvalue weighted by Crippen LogP contribution is -2.28. The standard InChI is InChI=1S/C12H17BrFN3O/c1-3-17(6-7-18-2)9-5-4-8(12(15)16)10(13)11(9)14/h4-5H,3,6-7H2,1-2H3,(H3,15,16). The summed E-state index contributed by atoms with van der Waals surface area (Å²) in [6.07, 6.45) is 0. The first-order valence-electron chi connectivity index (χ1n) is 5.59. The topological polar surface area (TPSA) is 62.3 Å². The summed E-state index contributed by atoms with van der Waals surface area (Å²) >= 11 is 3.14. The summed E-state index contributed by atoms with van der Waals surface area (Å²) in [5, 5.41) is 7.35. The van der Waals surface area contributed by atoms with Crippen molar-refractivity contribution in [3.05, 3.63) is 28.0 Å². The van der Waals surface area contributed by atoms with Crippen LogP contribution in [-0.4, -0.2) is 32.6 Å². The molecule has 1 aromatic carbocycles. The zero-order valence-electron chi connectivity index (χ0n) is 10.5. The number of nitrogens with one attached hydrogen (secondary N) is 1. The number of likely N-dealkylation sites (N-methyl/N-ethyl adjacent to an activating group) is 1. The van der Waals surface area contributed by atoms with Gasteiger partial charge < -0.3 is 15.4 Å². The molecule has 0 aliphatic rings. The summed E-state index contributed by atoms with van der Waals surface area (Å²) < 4.78 is 19.4. The van der Waals surface area contributed by atoms with E-state index < -0.39 is 5.82 Å². The molecule has 0 saturated carbocycles. The van der Waals surface area contributed by atoms with Crippen molar-refractivity contribution in [2.75, 3.05) is 31.7 Å². The molecule has 0 aliphatic heterocycles. The number of anilines is 1. The highest BCUT2D eigenvalue weighted by Gasteiger charge is 2.16. The quantitative estimate of drug-likeness (QED) is 0.625. The van der Waals surface area contributed by atoms with E-state index in [1.807, 2.05) is 11.8 Å². The van der Waals surface area contributed by atoms with Gasteiger partial charge in [0, 0.05) is 25.8 Å². The Kier molecular flexibility index (Phi) is 5.55. The Morgan fingerprint density at radius 3 is 2.72 bits per heavy atom. The molecule has 0 radical (unpaired) electrons. The van der Waals surface area contributed by atoms with E-state index in [2.05, 4.69) is 15.9 Å². The van der Waals surface area contributed by atoms with Crippen LogP contribution in [0.4, 0.5) is 10.1 Å². The van der Waals surface area contributed by atoms with Crippen LogP contribution in [0.25, 0.3) is 0 Å². The van der Waals surface area contributed by atoms with E-state index in [4.69, 9.17) is 15.9 Å². The maximum absolute atomic E-state index is 14.2. The number of hydrogen-bond donors (Lipinski definition) is 2. The van der Waals surface area contributed by atoms with E-state index in [1.54, 1.807) is 19.2 Å². The van der Waals surface area contributed by atoms with Crippen molar-refractivity contribution in [3.63, 3.8) is 0 Å². The molecule has 0 spiro atoms. The van der Waals surface area contributed by atoms with Gasteiger partial charge in [0.15, 0.2) is 5.82 Å². The van der Waals surface area contributed by atoms with E-state index in [0.717, 1.165) is 0 Å². The molecular weight excluding hydrogens is 301 g/mol. The number of rotatable bonds is 6. The summed E-state index contributed by atoms with van der Waals surface area (Å²) in [5.74, 6) is -0.562. The van der Waals surface area contributed by atoms with Crippen molar-refractivity contribution in [2.45, 2.75) is 6.92 Å². The molecule has 0 amide bonds. The first-order chi connectivity index (χ1) is 8.52. The zero-order valence-corrected chi connectivity index (χ0v) is 12.1. The second-order valence-corrected chi connectivity index (χ2v) is 4.54. The molecular formula is C12H17BrFN3O. The lowest BCUT2D eigenvalue weighted by Gasteiger charge is -2.24. The predicted molar refractivity (Wildman–Crippen MR) is 74.9 cm³/mol. The summed E-state index contributed by atoms with van der Waals surface area (Å²) in [6.45, 7) is 3.75. The average Bonchev–Trinajstić information content (AvgIpc) is 2.34. The SMILES string of the molecule is CCN(CCOC)c1ccc(C(=N)N)c(Br)c1F. The molecule has 18 heavy (non-hydrogen) atoms. The van der Waals surface area contributed by atoms with Gasteiger partial charge in [-0.25, -0.2) is 4.39 Å². The Labute approximate surface area is 115 Å². The number of ether oxygens (including phenoxy) is 1. The number of amidine groups is 1. The third kappa shape index (κ3) is 3.20. The van der Waals surface area contributed by atoms with Gasteiger partial charge in [-0.15, -0.1) is 0 Å². The van der Waals surface area contributed by atoms with Gasteiger partial charge in [-0.2, -0.15) is 0 Å². The van der Waals surface area contributed by atoms with E-state index >= 15 is 0 Å². The largest absolute Gasteiger partial charge is 0.384 e. The lowest BCUT2D eigenvalue weighted by atomic mass is 10.1. The average molecular weight is 318 g/mol. The van der Waals surface area contributed by atoms with E-state index in [1.165, 1.54) is 0 Å². The molecule has 0 aromatic heterocycles. The second-order valence-electron chi connectivity index (χ2n) is 3.75. The molecule has 4 nitrogen and oxygen atoms in total. The van der Waals surface area contributed by atoms with Gasteiger partial charge in [-0.1, -0.05) is 0 Å². The molecule has 0 fully saturated rings. The van der Waals surface area contributed by atoms with Crippen molar-refractivity contribution in [1.82, 2.24) is 0 Å². The van der Waals surface area contributed by atoms with E-state index in [0.29, 0.717) is 30.9 Å². The minimum absolute atomic E-state index is 0.160. The molecule has 0 atom stereocenters. The Bertz CT molecular complexity index is 440. The third-order valence-electron chi connectivity index (χ3n) is 2.64. The molecule has 3 N–H and O–H groups in total. The zero-order chi connectivity index (χ0) is 13.7. The fraction of sp³-hybridized carbons (Fsp3) is 0.417. The molecule has 0 saturated heterocycles. The van der Waals surface area contributed by atoms with Gasteiger partial charge in [0.25, 0.3) is 0 Å². The third-order valence-corrected chi connectivity index (χ3v) is 3.42. The number of methoxy groups -OCH3 is 1. The summed E-state index contributed by atoms with van der Waals surface area (Å²) in [4.78, 5) is 1.87. The summed E-state index contributed by atoms with van der Waals surface area (Å²) in [7, 11) is 1.61. The van der Waals surface area contributed by atoms with Gasteiger partial charge in [0.2, 0.25) is 0 Å². The van der Waals surface area contributed by atoms with Gasteiger partial charge in [-0.05, 0) is 35.0 Å². The Morgan fingerprint density at radius 2 is 2.22 bits per heavy atom. The van der Waals surface area contributed by atoms with Crippen LogP contribution in [0.1, 0.15) is 12.5 Å². The monoisotopic (exact) mass is 317 g/mol.